The van der Waals surface area contributed by atoms with Gasteiger partial charge in [-0.1, -0.05) is 25.7 Å². The predicted octanol–water partition coefficient (Wildman–Crippen LogP) is 3.50. The number of hydrogen-bond donors (Lipinski definition) is 1. The van der Waals surface area contributed by atoms with Crippen molar-refractivity contribution < 1.29 is 4.74 Å². The first-order valence-electron chi connectivity index (χ1n) is 7.63. The van der Waals surface area contributed by atoms with Crippen LogP contribution in [-0.4, -0.2) is 25.8 Å². The van der Waals surface area contributed by atoms with Crippen LogP contribution in [0, 0.1) is 5.92 Å². The lowest BCUT2D eigenvalue weighted by atomic mass is 9.94. The van der Waals surface area contributed by atoms with Crippen LogP contribution in [0.1, 0.15) is 64.2 Å². The molecular formula is C15H29NO. The lowest BCUT2D eigenvalue weighted by Gasteiger charge is -2.28. The Hall–Kier alpha value is -0.0800. The summed E-state index contributed by atoms with van der Waals surface area (Å²) >= 11 is 0. The molecule has 0 spiro atoms. The average molecular weight is 239 g/mol. The van der Waals surface area contributed by atoms with Crippen LogP contribution in [0.15, 0.2) is 0 Å². The van der Waals surface area contributed by atoms with Crippen molar-refractivity contribution in [3.8, 4) is 0 Å². The second-order valence-corrected chi connectivity index (χ2v) is 6.03. The lowest BCUT2D eigenvalue weighted by molar-refractivity contribution is 0.144. The smallest absolute Gasteiger partial charge is 0.0490 e. The monoisotopic (exact) mass is 239 g/mol. The maximum atomic E-state index is 5.30. The van der Waals surface area contributed by atoms with Gasteiger partial charge in [0, 0.05) is 25.8 Å². The highest BCUT2D eigenvalue weighted by Crippen LogP contribution is 2.25. The third-order valence-corrected chi connectivity index (χ3v) is 4.57. The number of rotatable bonds is 4. The van der Waals surface area contributed by atoms with E-state index < -0.39 is 0 Å². The Kier molecular flexibility index (Phi) is 5.79. The third kappa shape index (κ3) is 4.59. The molecule has 17 heavy (non-hydrogen) atoms. The molecule has 0 aliphatic heterocycles. The average Bonchev–Trinajstić information content (AvgIpc) is 2.57. The van der Waals surface area contributed by atoms with Crippen LogP contribution in [0.3, 0.4) is 0 Å². The van der Waals surface area contributed by atoms with Gasteiger partial charge in [-0.3, -0.25) is 0 Å². The SMILES string of the molecule is COCC1CCCC(NC2CCCCC2)CC1. The second-order valence-electron chi connectivity index (χ2n) is 6.03. The maximum Gasteiger partial charge on any atom is 0.0490 e. The van der Waals surface area contributed by atoms with E-state index in [0.29, 0.717) is 0 Å². The number of hydrogen-bond acceptors (Lipinski definition) is 2. The molecule has 0 aromatic carbocycles. The van der Waals surface area contributed by atoms with E-state index in [1.54, 1.807) is 0 Å². The van der Waals surface area contributed by atoms with Crippen LogP contribution in [0.2, 0.25) is 0 Å². The summed E-state index contributed by atoms with van der Waals surface area (Å²) in [7, 11) is 1.84. The Bertz CT molecular complexity index is 201. The minimum Gasteiger partial charge on any atom is -0.384 e. The van der Waals surface area contributed by atoms with E-state index in [1.165, 1.54) is 64.2 Å². The van der Waals surface area contributed by atoms with Gasteiger partial charge < -0.3 is 10.1 Å². The van der Waals surface area contributed by atoms with Gasteiger partial charge in [0.15, 0.2) is 0 Å². The molecule has 0 saturated heterocycles. The molecule has 2 heteroatoms. The van der Waals surface area contributed by atoms with Crippen molar-refractivity contribution in [1.29, 1.82) is 0 Å². The Morgan fingerprint density at radius 2 is 1.53 bits per heavy atom. The molecular weight excluding hydrogens is 210 g/mol. The van der Waals surface area contributed by atoms with Crippen LogP contribution in [0.25, 0.3) is 0 Å². The summed E-state index contributed by atoms with van der Waals surface area (Å²) in [6.07, 6.45) is 14.0. The van der Waals surface area contributed by atoms with E-state index in [0.717, 1.165) is 24.6 Å². The van der Waals surface area contributed by atoms with Crippen molar-refractivity contribution in [2.24, 2.45) is 5.92 Å². The van der Waals surface area contributed by atoms with Crippen LogP contribution < -0.4 is 5.32 Å². The summed E-state index contributed by atoms with van der Waals surface area (Å²) in [6.45, 7) is 0.968. The lowest BCUT2D eigenvalue weighted by Crippen LogP contribution is -2.39. The molecule has 2 rings (SSSR count). The zero-order valence-electron chi connectivity index (χ0n) is 11.4. The van der Waals surface area contributed by atoms with Gasteiger partial charge in [-0.2, -0.15) is 0 Å². The molecule has 2 nitrogen and oxygen atoms in total. The minimum atomic E-state index is 0.792. The fraction of sp³-hybridized carbons (Fsp3) is 1.00. The first kappa shape index (κ1) is 13.4. The van der Waals surface area contributed by atoms with E-state index in [9.17, 15) is 0 Å². The molecule has 2 unspecified atom stereocenters. The van der Waals surface area contributed by atoms with E-state index in [-0.39, 0.29) is 0 Å². The van der Waals surface area contributed by atoms with Crippen molar-refractivity contribution >= 4 is 0 Å². The fourth-order valence-corrected chi connectivity index (χ4v) is 3.55. The predicted molar refractivity (Wildman–Crippen MR) is 72.2 cm³/mol. The molecule has 0 bridgehead atoms. The maximum absolute atomic E-state index is 5.30. The quantitative estimate of drug-likeness (QED) is 0.758. The topological polar surface area (TPSA) is 21.3 Å². The normalized spacial score (nSPS) is 32.3. The van der Waals surface area contributed by atoms with Gasteiger partial charge >= 0.3 is 0 Å². The van der Waals surface area contributed by atoms with Crippen molar-refractivity contribution in [3.05, 3.63) is 0 Å². The van der Waals surface area contributed by atoms with Crippen LogP contribution in [-0.2, 0) is 4.74 Å². The Balaban J connectivity index is 1.70. The van der Waals surface area contributed by atoms with Gasteiger partial charge in [0.1, 0.15) is 0 Å². The van der Waals surface area contributed by atoms with Crippen molar-refractivity contribution in [1.82, 2.24) is 5.32 Å². The van der Waals surface area contributed by atoms with Gasteiger partial charge in [-0.05, 0) is 44.4 Å². The molecule has 1 N–H and O–H groups in total. The molecule has 0 aromatic rings. The Morgan fingerprint density at radius 3 is 2.29 bits per heavy atom. The summed E-state index contributed by atoms with van der Waals surface area (Å²) < 4.78 is 5.30. The first-order valence-corrected chi connectivity index (χ1v) is 7.63. The first-order chi connectivity index (χ1) is 8.38. The summed E-state index contributed by atoms with van der Waals surface area (Å²) in [4.78, 5) is 0. The molecule has 0 amide bonds. The molecule has 2 fully saturated rings. The van der Waals surface area contributed by atoms with E-state index >= 15 is 0 Å². The van der Waals surface area contributed by atoms with E-state index in [2.05, 4.69) is 5.32 Å². The zero-order chi connectivity index (χ0) is 11.9. The molecule has 2 aliphatic carbocycles. The summed E-state index contributed by atoms with van der Waals surface area (Å²) in [5, 5.41) is 3.92. The van der Waals surface area contributed by atoms with Gasteiger partial charge in [-0.15, -0.1) is 0 Å². The fourth-order valence-electron chi connectivity index (χ4n) is 3.55. The number of ether oxygens (including phenoxy) is 1. The summed E-state index contributed by atoms with van der Waals surface area (Å²) in [5.41, 5.74) is 0. The molecule has 2 saturated carbocycles. The molecule has 2 aliphatic rings. The molecule has 2 atom stereocenters. The Morgan fingerprint density at radius 1 is 0.824 bits per heavy atom. The van der Waals surface area contributed by atoms with Crippen molar-refractivity contribution in [2.45, 2.75) is 76.3 Å². The Labute approximate surface area is 107 Å². The molecule has 0 aromatic heterocycles. The summed E-state index contributed by atoms with van der Waals surface area (Å²) in [5.74, 6) is 0.818. The van der Waals surface area contributed by atoms with E-state index in [4.69, 9.17) is 4.74 Å². The third-order valence-electron chi connectivity index (χ3n) is 4.57. The van der Waals surface area contributed by atoms with Gasteiger partial charge in [0.25, 0.3) is 0 Å². The van der Waals surface area contributed by atoms with Crippen molar-refractivity contribution in [2.75, 3.05) is 13.7 Å². The molecule has 0 heterocycles. The largest absolute Gasteiger partial charge is 0.384 e. The number of methoxy groups -OCH3 is 1. The highest BCUT2D eigenvalue weighted by atomic mass is 16.5. The van der Waals surface area contributed by atoms with Crippen LogP contribution in [0.4, 0.5) is 0 Å². The summed E-state index contributed by atoms with van der Waals surface area (Å²) in [6, 6.07) is 1.62. The van der Waals surface area contributed by atoms with E-state index in [1.807, 2.05) is 7.11 Å². The van der Waals surface area contributed by atoms with Crippen LogP contribution in [0.5, 0.6) is 0 Å². The van der Waals surface area contributed by atoms with Gasteiger partial charge in [-0.25, -0.2) is 0 Å². The van der Waals surface area contributed by atoms with Crippen molar-refractivity contribution in [3.63, 3.8) is 0 Å². The minimum absolute atomic E-state index is 0.792. The molecule has 100 valence electrons. The second kappa shape index (κ2) is 7.38. The van der Waals surface area contributed by atoms with Crippen LogP contribution >= 0.6 is 0 Å². The van der Waals surface area contributed by atoms with Gasteiger partial charge in [0.2, 0.25) is 0 Å². The highest BCUT2D eigenvalue weighted by molar-refractivity contribution is 4.80. The highest BCUT2D eigenvalue weighted by Gasteiger charge is 2.22. The standard InChI is InChI=1S/C15H29NO/c1-17-12-13-6-5-9-15(11-10-13)16-14-7-3-2-4-8-14/h13-16H,2-12H2,1H3. The molecule has 0 radical (unpaired) electrons. The number of nitrogens with one attached hydrogen (secondary N) is 1. The zero-order valence-corrected chi connectivity index (χ0v) is 11.4. The van der Waals surface area contributed by atoms with Gasteiger partial charge in [0.05, 0.1) is 0 Å².